The molecular weight excluding hydrogens is 435 g/mol. The minimum atomic E-state index is -4.99. The van der Waals surface area contributed by atoms with Crippen molar-refractivity contribution >= 4 is 33.7 Å². The largest absolute Gasteiger partial charge is 0.478 e. The van der Waals surface area contributed by atoms with Crippen molar-refractivity contribution in [3.63, 3.8) is 0 Å². The van der Waals surface area contributed by atoms with Crippen molar-refractivity contribution in [3.05, 3.63) is 64.2 Å². The normalized spacial score (nSPS) is 16.6. The molecule has 2 N–H and O–H groups in total. The third-order valence-corrected chi connectivity index (χ3v) is 5.70. The van der Waals surface area contributed by atoms with E-state index in [2.05, 4.69) is 4.72 Å². The van der Waals surface area contributed by atoms with Gasteiger partial charge < -0.3 is 9.84 Å². The van der Waals surface area contributed by atoms with Crippen LogP contribution in [0.15, 0.2) is 52.9 Å². The van der Waals surface area contributed by atoms with Crippen molar-refractivity contribution in [3.8, 4) is 5.75 Å². The summed E-state index contributed by atoms with van der Waals surface area (Å²) < 4.78 is 71.6. The van der Waals surface area contributed by atoms with E-state index < -0.39 is 44.6 Å². The van der Waals surface area contributed by atoms with Crippen LogP contribution in [0.4, 0.5) is 13.2 Å². The van der Waals surface area contributed by atoms with Crippen molar-refractivity contribution in [2.75, 3.05) is 0 Å². The molecule has 1 unspecified atom stereocenters. The number of ether oxygens (including phenoxy) is 1. The number of fused-ring (bicyclic) bond motifs is 1. The number of aliphatic carboxylic acids is 1. The fourth-order valence-corrected chi connectivity index (χ4v) is 4.09. The fraction of sp³-hybridized carbons (Fsp3) is 0.167. The third kappa shape index (κ3) is 4.55. The molecule has 0 aliphatic carbocycles. The summed E-state index contributed by atoms with van der Waals surface area (Å²) in [6.07, 6.45) is -7.00. The van der Waals surface area contributed by atoms with Gasteiger partial charge in [-0.15, -0.1) is 0 Å². The molecule has 6 nitrogen and oxygen atoms in total. The Labute approximate surface area is 168 Å². The lowest BCUT2D eigenvalue weighted by atomic mass is 10.0. The summed E-state index contributed by atoms with van der Waals surface area (Å²) in [6, 6.07) is 10.6. The highest BCUT2D eigenvalue weighted by Crippen LogP contribution is 2.42. The topological polar surface area (TPSA) is 92.7 Å². The van der Waals surface area contributed by atoms with E-state index >= 15 is 0 Å². The highest BCUT2D eigenvalue weighted by molar-refractivity contribution is 7.89. The molecule has 11 heteroatoms. The maximum absolute atomic E-state index is 13.1. The van der Waals surface area contributed by atoms with Gasteiger partial charge in [0, 0.05) is 12.1 Å². The Morgan fingerprint density at radius 3 is 2.45 bits per heavy atom. The molecule has 29 heavy (non-hydrogen) atoms. The van der Waals surface area contributed by atoms with Crippen LogP contribution in [0, 0.1) is 0 Å². The van der Waals surface area contributed by atoms with E-state index in [1.165, 1.54) is 0 Å². The van der Waals surface area contributed by atoms with Gasteiger partial charge in [-0.05, 0) is 23.8 Å². The molecule has 1 aliphatic rings. The smallest absolute Gasteiger partial charge is 0.430 e. The molecule has 2 aromatic carbocycles. The van der Waals surface area contributed by atoms with E-state index in [0.29, 0.717) is 11.6 Å². The molecule has 3 rings (SSSR count). The Morgan fingerprint density at radius 2 is 1.86 bits per heavy atom. The Hall–Kier alpha value is -2.56. The van der Waals surface area contributed by atoms with Gasteiger partial charge in [0.15, 0.2) is 0 Å². The average Bonchev–Trinajstić information content (AvgIpc) is 2.65. The van der Waals surface area contributed by atoms with E-state index in [0.717, 1.165) is 12.1 Å². The van der Waals surface area contributed by atoms with Crippen LogP contribution >= 0.6 is 11.6 Å². The zero-order chi connectivity index (χ0) is 21.4. The number of alkyl halides is 3. The number of carboxylic acid groups (broad SMARTS) is 1. The Balaban J connectivity index is 1.98. The second-order valence-corrected chi connectivity index (χ2v) is 8.25. The zero-order valence-corrected chi connectivity index (χ0v) is 16.0. The number of hydrogen-bond acceptors (Lipinski definition) is 4. The molecule has 0 saturated carbocycles. The van der Waals surface area contributed by atoms with Crippen molar-refractivity contribution in [2.45, 2.75) is 23.7 Å². The van der Waals surface area contributed by atoms with E-state index in [1.807, 2.05) is 0 Å². The van der Waals surface area contributed by atoms with Gasteiger partial charge in [-0.2, -0.15) is 13.2 Å². The lowest BCUT2D eigenvalue weighted by Crippen LogP contribution is -2.40. The van der Waals surface area contributed by atoms with E-state index in [-0.39, 0.29) is 17.0 Å². The number of nitrogens with one attached hydrogen (secondary N) is 1. The van der Waals surface area contributed by atoms with Crippen LogP contribution in [0.2, 0.25) is 5.02 Å². The van der Waals surface area contributed by atoms with Crippen LogP contribution in [0.1, 0.15) is 11.1 Å². The summed E-state index contributed by atoms with van der Waals surface area (Å²) >= 11 is 5.95. The summed E-state index contributed by atoms with van der Waals surface area (Å²) in [6.45, 7) is -0.0270. The second kappa shape index (κ2) is 7.69. The highest BCUT2D eigenvalue weighted by Gasteiger charge is 2.49. The summed E-state index contributed by atoms with van der Waals surface area (Å²) in [5, 5.41) is 8.70. The first kappa shape index (κ1) is 21.2. The molecule has 1 aliphatic heterocycles. The summed E-state index contributed by atoms with van der Waals surface area (Å²) in [7, 11) is -4.08. The number of sulfonamides is 1. The number of carbonyl (C=O) groups is 1. The predicted molar refractivity (Wildman–Crippen MR) is 98.0 cm³/mol. The molecule has 1 atom stereocenters. The molecular formula is C18H13ClF3NO5S. The number of hydrogen-bond donors (Lipinski definition) is 2. The first-order valence-electron chi connectivity index (χ1n) is 8.04. The minimum absolute atomic E-state index is 0.0270. The Morgan fingerprint density at radius 1 is 1.21 bits per heavy atom. The first-order valence-corrected chi connectivity index (χ1v) is 9.90. The van der Waals surface area contributed by atoms with E-state index in [9.17, 15) is 26.4 Å². The lowest BCUT2D eigenvalue weighted by Gasteiger charge is -2.27. The second-order valence-electron chi connectivity index (χ2n) is 6.08. The average molecular weight is 448 g/mol. The summed E-state index contributed by atoms with van der Waals surface area (Å²) in [5.74, 6) is -2.29. The van der Waals surface area contributed by atoms with Gasteiger partial charge in [0.1, 0.15) is 5.75 Å². The van der Waals surface area contributed by atoms with Gasteiger partial charge in [0.2, 0.25) is 16.1 Å². The first-order chi connectivity index (χ1) is 13.5. The number of carboxylic acids is 1. The fourth-order valence-electron chi connectivity index (χ4n) is 2.67. The minimum Gasteiger partial charge on any atom is -0.478 e. The van der Waals surface area contributed by atoms with Gasteiger partial charge in [-0.3, -0.25) is 0 Å². The van der Waals surface area contributed by atoms with Gasteiger partial charge in [-0.1, -0.05) is 41.9 Å². The summed E-state index contributed by atoms with van der Waals surface area (Å²) in [5.41, 5.74) is -0.576. The van der Waals surface area contributed by atoms with Crippen LogP contribution < -0.4 is 9.46 Å². The maximum atomic E-state index is 13.1. The van der Waals surface area contributed by atoms with Crippen molar-refractivity contribution in [2.24, 2.45) is 0 Å². The number of halogens is 4. The van der Waals surface area contributed by atoms with Crippen molar-refractivity contribution in [1.82, 2.24) is 4.72 Å². The van der Waals surface area contributed by atoms with Crippen LogP contribution in [0.5, 0.6) is 5.75 Å². The molecule has 0 radical (unpaired) electrons. The summed E-state index contributed by atoms with van der Waals surface area (Å²) in [4.78, 5) is 10.9. The van der Waals surface area contributed by atoms with Gasteiger partial charge in [-0.25, -0.2) is 17.9 Å². The SMILES string of the molecule is O=C(O)C1=Cc2cc(S(=O)(=O)NCc3ccccc3)cc(Cl)c2OC1C(F)(F)F. The van der Waals surface area contributed by atoms with Crippen molar-refractivity contribution < 1.29 is 36.2 Å². The lowest BCUT2D eigenvalue weighted by molar-refractivity contribution is -0.187. The molecule has 154 valence electrons. The van der Waals surface area contributed by atoms with Gasteiger partial charge in [0.25, 0.3) is 0 Å². The zero-order valence-electron chi connectivity index (χ0n) is 14.4. The molecule has 1 heterocycles. The van der Waals surface area contributed by atoms with Crippen LogP contribution in [0.3, 0.4) is 0 Å². The Kier molecular flexibility index (Phi) is 5.61. The number of benzene rings is 2. The molecule has 0 spiro atoms. The molecule has 0 fully saturated rings. The van der Waals surface area contributed by atoms with E-state index in [4.69, 9.17) is 21.4 Å². The van der Waals surface area contributed by atoms with Crippen molar-refractivity contribution in [1.29, 1.82) is 0 Å². The maximum Gasteiger partial charge on any atom is 0.430 e. The molecule has 0 aromatic heterocycles. The van der Waals surface area contributed by atoms with Crippen LogP contribution in [-0.4, -0.2) is 31.8 Å². The Bertz CT molecular complexity index is 1080. The molecule has 2 aromatic rings. The predicted octanol–water partition coefficient (Wildman–Crippen LogP) is 3.61. The third-order valence-electron chi connectivity index (χ3n) is 4.04. The standard InChI is InChI=1S/C18H13ClF3NO5S/c19-14-8-12(29(26,27)23-9-10-4-2-1-3-5-10)6-11-7-13(17(24)25)16(18(20,21)22)28-15(11)14/h1-8,16,23H,9H2,(H,24,25). The number of rotatable bonds is 5. The van der Waals surface area contributed by atoms with Gasteiger partial charge in [0.05, 0.1) is 15.5 Å². The van der Waals surface area contributed by atoms with E-state index in [1.54, 1.807) is 30.3 Å². The van der Waals surface area contributed by atoms with Crippen LogP contribution in [-0.2, 0) is 21.4 Å². The molecule has 0 bridgehead atoms. The monoisotopic (exact) mass is 447 g/mol. The molecule has 0 saturated heterocycles. The quantitative estimate of drug-likeness (QED) is 0.730. The molecule has 0 amide bonds. The van der Waals surface area contributed by atoms with Crippen LogP contribution in [0.25, 0.3) is 6.08 Å². The highest BCUT2D eigenvalue weighted by atomic mass is 35.5. The van der Waals surface area contributed by atoms with Gasteiger partial charge >= 0.3 is 12.1 Å².